The van der Waals surface area contributed by atoms with Crippen molar-refractivity contribution in [1.82, 2.24) is 4.98 Å². The van der Waals surface area contributed by atoms with E-state index in [0.29, 0.717) is 6.42 Å². The summed E-state index contributed by atoms with van der Waals surface area (Å²) in [6, 6.07) is 9.32. The van der Waals surface area contributed by atoms with Gasteiger partial charge < -0.3 is 4.74 Å². The Hall–Kier alpha value is -2.76. The number of pyridine rings is 1. The van der Waals surface area contributed by atoms with Crippen molar-refractivity contribution in [2.75, 3.05) is 6.61 Å². The van der Waals surface area contributed by atoms with Crippen molar-refractivity contribution >= 4 is 11.7 Å². The maximum atomic E-state index is 11.8. The molecule has 0 bridgehead atoms. The summed E-state index contributed by atoms with van der Waals surface area (Å²) in [5.74, 6) is -0.548. The van der Waals surface area contributed by atoms with Crippen LogP contribution in [0.4, 0.5) is 5.69 Å². The number of carbonyl (C=O) groups excluding carboxylic acids is 1. The number of benzene rings is 1. The second-order valence-electron chi connectivity index (χ2n) is 4.40. The summed E-state index contributed by atoms with van der Waals surface area (Å²) < 4.78 is 5.11. The smallest absolute Gasteiger partial charge is 0.338 e. The molecular weight excluding hydrogens is 272 g/mol. The van der Waals surface area contributed by atoms with E-state index in [1.807, 2.05) is 12.1 Å². The molecule has 0 fully saturated rings. The summed E-state index contributed by atoms with van der Waals surface area (Å²) in [6.07, 6.45) is 4.89. The van der Waals surface area contributed by atoms with Gasteiger partial charge in [-0.1, -0.05) is 6.07 Å². The first-order valence-corrected chi connectivity index (χ1v) is 6.47. The van der Waals surface area contributed by atoms with Gasteiger partial charge in [0.15, 0.2) is 0 Å². The summed E-state index contributed by atoms with van der Waals surface area (Å²) in [7, 11) is 0. The van der Waals surface area contributed by atoms with Gasteiger partial charge >= 0.3 is 5.97 Å². The van der Waals surface area contributed by atoms with Crippen molar-refractivity contribution in [2.45, 2.75) is 12.8 Å². The molecule has 2 rings (SSSR count). The number of hydrogen-bond donors (Lipinski definition) is 0. The fourth-order valence-electron chi connectivity index (χ4n) is 1.82. The quantitative estimate of drug-likeness (QED) is 0.353. The average molecular weight is 286 g/mol. The van der Waals surface area contributed by atoms with Crippen molar-refractivity contribution in [3.05, 3.63) is 70.0 Å². The number of non-ortho nitro benzene ring substituents is 1. The van der Waals surface area contributed by atoms with Crippen LogP contribution in [0.1, 0.15) is 22.3 Å². The first kappa shape index (κ1) is 14.6. The third-order valence-electron chi connectivity index (χ3n) is 2.88. The van der Waals surface area contributed by atoms with Crippen molar-refractivity contribution in [2.24, 2.45) is 0 Å². The molecule has 6 heteroatoms. The number of aryl methyl sites for hydroxylation is 1. The third-order valence-corrected chi connectivity index (χ3v) is 2.88. The van der Waals surface area contributed by atoms with Crippen LogP contribution in [-0.4, -0.2) is 22.5 Å². The Bertz CT molecular complexity index is 629. The van der Waals surface area contributed by atoms with E-state index in [1.54, 1.807) is 12.4 Å². The summed E-state index contributed by atoms with van der Waals surface area (Å²) in [4.78, 5) is 25.8. The zero-order valence-electron chi connectivity index (χ0n) is 11.3. The standard InChI is InChI=1S/C15H14N2O4/c18-15(13-4-1-5-14(11-13)17(19)20)21-10-2-3-12-6-8-16-9-7-12/h1,4-9,11H,2-3,10H2. The van der Waals surface area contributed by atoms with Gasteiger partial charge in [0.1, 0.15) is 0 Å². The van der Waals surface area contributed by atoms with Crippen molar-refractivity contribution in [1.29, 1.82) is 0 Å². The third kappa shape index (κ3) is 4.38. The van der Waals surface area contributed by atoms with Gasteiger partial charge in [-0.3, -0.25) is 15.1 Å². The van der Waals surface area contributed by atoms with Crippen molar-refractivity contribution in [3.63, 3.8) is 0 Å². The number of aromatic nitrogens is 1. The number of ether oxygens (including phenoxy) is 1. The molecule has 0 saturated heterocycles. The van der Waals surface area contributed by atoms with Crippen LogP contribution in [0.2, 0.25) is 0 Å². The molecule has 21 heavy (non-hydrogen) atoms. The summed E-state index contributed by atoms with van der Waals surface area (Å²) in [5, 5.41) is 10.6. The maximum absolute atomic E-state index is 11.8. The van der Waals surface area contributed by atoms with Gasteiger partial charge in [0.05, 0.1) is 17.1 Å². The molecule has 6 nitrogen and oxygen atoms in total. The number of carbonyl (C=O) groups is 1. The Balaban J connectivity index is 1.82. The molecule has 0 atom stereocenters. The Morgan fingerprint density at radius 1 is 1.24 bits per heavy atom. The van der Waals surface area contributed by atoms with Gasteiger partial charge in [-0.25, -0.2) is 4.79 Å². The normalized spacial score (nSPS) is 10.1. The van der Waals surface area contributed by atoms with Gasteiger partial charge in [0.2, 0.25) is 0 Å². The number of nitro groups is 1. The molecule has 1 aromatic carbocycles. The van der Waals surface area contributed by atoms with E-state index in [-0.39, 0.29) is 17.9 Å². The molecule has 0 N–H and O–H groups in total. The van der Waals surface area contributed by atoms with Crippen LogP contribution in [0.3, 0.4) is 0 Å². The van der Waals surface area contributed by atoms with Gasteiger partial charge in [-0.2, -0.15) is 0 Å². The predicted molar refractivity (Wildman–Crippen MR) is 75.9 cm³/mol. The molecule has 0 aliphatic heterocycles. The highest BCUT2D eigenvalue weighted by atomic mass is 16.6. The topological polar surface area (TPSA) is 82.3 Å². The molecule has 0 aliphatic rings. The number of esters is 1. The lowest BCUT2D eigenvalue weighted by Gasteiger charge is -2.05. The van der Waals surface area contributed by atoms with Crippen LogP contribution in [0.5, 0.6) is 0 Å². The molecule has 1 heterocycles. The minimum atomic E-state index is -0.548. The van der Waals surface area contributed by atoms with Gasteiger partial charge in [0, 0.05) is 24.5 Å². The molecule has 1 aromatic heterocycles. The minimum Gasteiger partial charge on any atom is -0.462 e. The van der Waals surface area contributed by atoms with Gasteiger partial charge in [-0.15, -0.1) is 0 Å². The summed E-state index contributed by atoms with van der Waals surface area (Å²) in [5.41, 5.74) is 1.19. The van der Waals surface area contributed by atoms with Crippen LogP contribution >= 0.6 is 0 Å². The molecular formula is C15H14N2O4. The van der Waals surface area contributed by atoms with E-state index in [2.05, 4.69) is 4.98 Å². The first-order chi connectivity index (χ1) is 10.2. The zero-order chi connectivity index (χ0) is 15.1. The van der Waals surface area contributed by atoms with Crippen LogP contribution in [0.15, 0.2) is 48.8 Å². The van der Waals surface area contributed by atoms with E-state index in [1.165, 1.54) is 24.3 Å². The largest absolute Gasteiger partial charge is 0.462 e. The molecule has 0 spiro atoms. The second-order valence-corrected chi connectivity index (χ2v) is 4.40. The minimum absolute atomic E-state index is 0.124. The van der Waals surface area contributed by atoms with Crippen LogP contribution < -0.4 is 0 Å². The van der Waals surface area contributed by atoms with Crippen LogP contribution in [0.25, 0.3) is 0 Å². The molecule has 108 valence electrons. The Morgan fingerprint density at radius 2 is 2.00 bits per heavy atom. The molecule has 2 aromatic rings. The van der Waals surface area contributed by atoms with E-state index in [9.17, 15) is 14.9 Å². The lowest BCUT2D eigenvalue weighted by molar-refractivity contribution is -0.384. The Labute approximate surface area is 121 Å². The number of nitro benzene ring substituents is 1. The predicted octanol–water partition coefficient (Wildman–Crippen LogP) is 2.78. The highest BCUT2D eigenvalue weighted by Gasteiger charge is 2.12. The fourth-order valence-corrected chi connectivity index (χ4v) is 1.82. The first-order valence-electron chi connectivity index (χ1n) is 6.47. The maximum Gasteiger partial charge on any atom is 0.338 e. The number of nitrogens with zero attached hydrogens (tertiary/aromatic N) is 2. The average Bonchev–Trinajstić information content (AvgIpc) is 2.52. The molecule has 0 amide bonds. The SMILES string of the molecule is O=C(OCCCc1ccncc1)c1cccc([N+](=O)[O-])c1. The van der Waals surface area contributed by atoms with E-state index >= 15 is 0 Å². The number of rotatable bonds is 6. The van der Waals surface area contributed by atoms with Crippen molar-refractivity contribution in [3.8, 4) is 0 Å². The highest BCUT2D eigenvalue weighted by molar-refractivity contribution is 5.90. The van der Waals surface area contributed by atoms with E-state index in [0.717, 1.165) is 12.0 Å². The summed E-state index contributed by atoms with van der Waals surface area (Å²) >= 11 is 0. The second kappa shape index (κ2) is 7.14. The fraction of sp³-hybridized carbons (Fsp3) is 0.200. The summed E-state index contributed by atoms with van der Waals surface area (Å²) in [6.45, 7) is 0.268. The zero-order valence-corrected chi connectivity index (χ0v) is 11.3. The molecule has 0 aliphatic carbocycles. The lowest BCUT2D eigenvalue weighted by Crippen LogP contribution is -2.07. The Kier molecular flexibility index (Phi) is 4.98. The van der Waals surface area contributed by atoms with Gasteiger partial charge in [-0.05, 0) is 36.6 Å². The lowest BCUT2D eigenvalue weighted by atomic mass is 10.1. The molecule has 0 saturated carbocycles. The van der Waals surface area contributed by atoms with Crippen LogP contribution in [-0.2, 0) is 11.2 Å². The Morgan fingerprint density at radius 3 is 2.71 bits per heavy atom. The molecule has 0 unspecified atom stereocenters. The van der Waals surface area contributed by atoms with Gasteiger partial charge in [0.25, 0.3) is 5.69 Å². The van der Waals surface area contributed by atoms with E-state index < -0.39 is 10.9 Å². The monoisotopic (exact) mass is 286 g/mol. The van der Waals surface area contributed by atoms with Crippen LogP contribution in [0, 0.1) is 10.1 Å². The molecule has 0 radical (unpaired) electrons. The highest BCUT2D eigenvalue weighted by Crippen LogP contribution is 2.14. The van der Waals surface area contributed by atoms with Crippen molar-refractivity contribution < 1.29 is 14.5 Å². The number of hydrogen-bond acceptors (Lipinski definition) is 5. The van der Waals surface area contributed by atoms with E-state index in [4.69, 9.17) is 4.74 Å².